The number of amides is 1. The maximum absolute atomic E-state index is 12.8. The summed E-state index contributed by atoms with van der Waals surface area (Å²) in [6, 6.07) is 9.20. The molecule has 1 amide bonds. The second-order valence-electron chi connectivity index (χ2n) is 4.86. The van der Waals surface area contributed by atoms with Gasteiger partial charge >= 0.3 is 6.18 Å². The van der Waals surface area contributed by atoms with Gasteiger partial charge in [-0.1, -0.05) is 29.8 Å². The van der Waals surface area contributed by atoms with Crippen LogP contribution in [-0.4, -0.2) is 5.91 Å². The number of hydrogen-bond acceptors (Lipinski definition) is 1. The number of carbonyl (C=O) groups is 1. The first kappa shape index (κ1) is 16.4. The average molecular weight is 328 g/mol. The molecule has 0 aliphatic rings. The fourth-order valence-electron chi connectivity index (χ4n) is 2.18. The first-order valence-electron chi connectivity index (χ1n) is 6.44. The van der Waals surface area contributed by atoms with E-state index in [0.29, 0.717) is 22.4 Å². The SMILES string of the molecule is CC(=O)Nc1cccc(-c2ccc(C(F)(F)F)c(Cl)c2C)c1. The van der Waals surface area contributed by atoms with Crippen LogP contribution < -0.4 is 5.32 Å². The molecule has 0 bridgehead atoms. The molecule has 0 unspecified atom stereocenters. The summed E-state index contributed by atoms with van der Waals surface area (Å²) in [5.74, 6) is -0.223. The monoisotopic (exact) mass is 327 g/mol. The fraction of sp³-hybridized carbons (Fsp3) is 0.188. The molecule has 0 saturated carbocycles. The molecular weight excluding hydrogens is 315 g/mol. The van der Waals surface area contributed by atoms with E-state index in [1.165, 1.54) is 19.9 Å². The van der Waals surface area contributed by atoms with Crippen molar-refractivity contribution in [3.63, 3.8) is 0 Å². The van der Waals surface area contributed by atoms with E-state index in [1.54, 1.807) is 24.3 Å². The van der Waals surface area contributed by atoms with Gasteiger partial charge in [-0.15, -0.1) is 0 Å². The van der Waals surface area contributed by atoms with Crippen molar-refractivity contribution in [1.29, 1.82) is 0 Å². The summed E-state index contributed by atoms with van der Waals surface area (Å²) in [5.41, 5.74) is 1.33. The van der Waals surface area contributed by atoms with Crippen LogP contribution in [0.1, 0.15) is 18.1 Å². The van der Waals surface area contributed by atoms with Crippen molar-refractivity contribution in [3.05, 3.63) is 52.5 Å². The summed E-state index contributed by atoms with van der Waals surface area (Å²) < 4.78 is 38.5. The Labute approximate surface area is 130 Å². The van der Waals surface area contributed by atoms with Crippen LogP contribution in [0.25, 0.3) is 11.1 Å². The van der Waals surface area contributed by atoms with Crippen LogP contribution in [0.4, 0.5) is 18.9 Å². The predicted molar refractivity (Wildman–Crippen MR) is 80.9 cm³/mol. The lowest BCUT2D eigenvalue weighted by atomic mass is 9.97. The number of rotatable bonds is 2. The second kappa shape index (κ2) is 6.01. The van der Waals surface area contributed by atoms with Crippen molar-refractivity contribution >= 4 is 23.2 Å². The molecule has 2 nitrogen and oxygen atoms in total. The number of anilines is 1. The third-order valence-corrected chi connectivity index (χ3v) is 3.67. The van der Waals surface area contributed by atoms with E-state index in [9.17, 15) is 18.0 Å². The van der Waals surface area contributed by atoms with Crippen molar-refractivity contribution in [3.8, 4) is 11.1 Å². The maximum Gasteiger partial charge on any atom is 0.417 e. The lowest BCUT2D eigenvalue weighted by molar-refractivity contribution is -0.137. The van der Waals surface area contributed by atoms with E-state index in [-0.39, 0.29) is 10.9 Å². The summed E-state index contributed by atoms with van der Waals surface area (Å²) in [4.78, 5) is 11.1. The Hall–Kier alpha value is -2.01. The van der Waals surface area contributed by atoms with Gasteiger partial charge in [0.1, 0.15) is 0 Å². The van der Waals surface area contributed by atoms with E-state index < -0.39 is 11.7 Å². The minimum Gasteiger partial charge on any atom is -0.326 e. The Kier molecular flexibility index (Phi) is 4.47. The molecule has 0 radical (unpaired) electrons. The van der Waals surface area contributed by atoms with E-state index >= 15 is 0 Å². The molecule has 0 spiro atoms. The number of nitrogens with one attached hydrogen (secondary N) is 1. The number of alkyl halides is 3. The second-order valence-corrected chi connectivity index (χ2v) is 5.24. The molecule has 2 aromatic rings. The van der Waals surface area contributed by atoms with E-state index in [0.717, 1.165) is 6.07 Å². The summed E-state index contributed by atoms with van der Waals surface area (Å²) in [6.07, 6.45) is -4.49. The molecule has 2 aromatic carbocycles. The normalized spacial score (nSPS) is 11.4. The van der Waals surface area contributed by atoms with Crippen LogP contribution in [0.3, 0.4) is 0 Å². The lowest BCUT2D eigenvalue weighted by Crippen LogP contribution is -2.07. The number of hydrogen-bond donors (Lipinski definition) is 1. The average Bonchev–Trinajstić information content (AvgIpc) is 2.40. The van der Waals surface area contributed by atoms with Gasteiger partial charge in [-0.05, 0) is 41.8 Å². The van der Waals surface area contributed by atoms with Crippen LogP contribution in [0.2, 0.25) is 5.02 Å². The van der Waals surface area contributed by atoms with Gasteiger partial charge in [0, 0.05) is 12.6 Å². The highest BCUT2D eigenvalue weighted by Gasteiger charge is 2.34. The van der Waals surface area contributed by atoms with Gasteiger partial charge in [0.05, 0.1) is 10.6 Å². The number of benzene rings is 2. The van der Waals surface area contributed by atoms with Crippen LogP contribution in [0.5, 0.6) is 0 Å². The molecule has 0 aliphatic carbocycles. The molecule has 116 valence electrons. The Morgan fingerprint density at radius 1 is 1.18 bits per heavy atom. The van der Waals surface area contributed by atoms with E-state index in [2.05, 4.69) is 5.32 Å². The lowest BCUT2D eigenvalue weighted by Gasteiger charge is -2.15. The molecule has 6 heteroatoms. The van der Waals surface area contributed by atoms with Gasteiger partial charge in [0.25, 0.3) is 0 Å². The minimum absolute atomic E-state index is 0.223. The van der Waals surface area contributed by atoms with Gasteiger partial charge in [0.15, 0.2) is 0 Å². The quantitative estimate of drug-likeness (QED) is 0.797. The maximum atomic E-state index is 12.8. The third kappa shape index (κ3) is 3.42. The largest absolute Gasteiger partial charge is 0.417 e. The highest BCUT2D eigenvalue weighted by Crippen LogP contribution is 2.39. The number of carbonyl (C=O) groups excluding carboxylic acids is 1. The molecule has 0 atom stereocenters. The highest BCUT2D eigenvalue weighted by molar-refractivity contribution is 6.32. The van der Waals surface area contributed by atoms with Crippen LogP contribution in [0.15, 0.2) is 36.4 Å². The molecular formula is C16H13ClF3NO. The smallest absolute Gasteiger partial charge is 0.326 e. The molecule has 0 fully saturated rings. The first-order valence-corrected chi connectivity index (χ1v) is 6.82. The van der Waals surface area contributed by atoms with Crippen molar-refractivity contribution in [2.75, 3.05) is 5.32 Å². The van der Waals surface area contributed by atoms with Crippen molar-refractivity contribution in [1.82, 2.24) is 0 Å². The molecule has 0 aliphatic heterocycles. The van der Waals surface area contributed by atoms with Gasteiger partial charge in [-0.2, -0.15) is 13.2 Å². The summed E-state index contributed by atoms with van der Waals surface area (Å²) in [7, 11) is 0. The zero-order chi connectivity index (χ0) is 16.5. The van der Waals surface area contributed by atoms with E-state index in [1.807, 2.05) is 0 Å². The van der Waals surface area contributed by atoms with Crippen LogP contribution >= 0.6 is 11.6 Å². The van der Waals surface area contributed by atoms with Crippen molar-refractivity contribution < 1.29 is 18.0 Å². The van der Waals surface area contributed by atoms with Crippen molar-refractivity contribution in [2.24, 2.45) is 0 Å². The first-order chi connectivity index (χ1) is 10.2. The number of halogens is 4. The zero-order valence-corrected chi connectivity index (χ0v) is 12.6. The molecule has 22 heavy (non-hydrogen) atoms. The van der Waals surface area contributed by atoms with Crippen molar-refractivity contribution in [2.45, 2.75) is 20.0 Å². The van der Waals surface area contributed by atoms with Gasteiger partial charge < -0.3 is 5.32 Å². The summed E-state index contributed by atoms with van der Waals surface area (Å²) in [5, 5.41) is 2.32. The standard InChI is InChI=1S/C16H13ClF3NO/c1-9-13(6-7-14(15(9)17)16(18,19)20)11-4-3-5-12(8-11)21-10(2)22/h3-8H,1-2H3,(H,21,22). The van der Waals surface area contributed by atoms with E-state index in [4.69, 9.17) is 11.6 Å². The predicted octanol–water partition coefficient (Wildman–Crippen LogP) is 5.29. The molecule has 0 aromatic heterocycles. The Bertz CT molecular complexity index is 726. The van der Waals surface area contributed by atoms with Gasteiger partial charge in [-0.3, -0.25) is 4.79 Å². The molecule has 2 rings (SSSR count). The highest BCUT2D eigenvalue weighted by atomic mass is 35.5. The van der Waals surface area contributed by atoms with Crippen LogP contribution in [0, 0.1) is 6.92 Å². The summed E-state index contributed by atoms with van der Waals surface area (Å²) in [6.45, 7) is 2.92. The molecule has 1 N–H and O–H groups in total. The Morgan fingerprint density at radius 3 is 2.45 bits per heavy atom. The Morgan fingerprint density at radius 2 is 1.86 bits per heavy atom. The topological polar surface area (TPSA) is 29.1 Å². The molecule has 0 heterocycles. The zero-order valence-electron chi connectivity index (χ0n) is 11.9. The van der Waals surface area contributed by atoms with Gasteiger partial charge in [-0.25, -0.2) is 0 Å². The molecule has 0 saturated heterocycles. The van der Waals surface area contributed by atoms with Crippen LogP contribution in [-0.2, 0) is 11.0 Å². The third-order valence-electron chi connectivity index (χ3n) is 3.19. The van der Waals surface area contributed by atoms with Gasteiger partial charge in [0.2, 0.25) is 5.91 Å². The Balaban J connectivity index is 2.50. The summed E-state index contributed by atoms with van der Waals surface area (Å²) >= 11 is 5.87. The minimum atomic E-state index is -4.49. The fourth-order valence-corrected chi connectivity index (χ4v) is 2.46.